The fourth-order valence-electron chi connectivity index (χ4n) is 4.15. The van der Waals surface area contributed by atoms with Crippen LogP contribution in [0.2, 0.25) is 0 Å². The first-order chi connectivity index (χ1) is 17.0. The number of hydrogen-bond donors (Lipinski definition) is 1. The van der Waals surface area contributed by atoms with Crippen molar-refractivity contribution in [1.82, 2.24) is 5.16 Å². The molecule has 0 spiro atoms. The summed E-state index contributed by atoms with van der Waals surface area (Å²) in [6, 6.07) is 19.5. The Morgan fingerprint density at radius 3 is 2.40 bits per heavy atom. The van der Waals surface area contributed by atoms with Gasteiger partial charge in [-0.3, -0.25) is 14.5 Å². The van der Waals surface area contributed by atoms with Crippen LogP contribution >= 0.6 is 0 Å². The second kappa shape index (κ2) is 8.90. The summed E-state index contributed by atoms with van der Waals surface area (Å²) in [6.07, 6.45) is 1.45. The van der Waals surface area contributed by atoms with Crippen LogP contribution in [0, 0.1) is 5.82 Å². The van der Waals surface area contributed by atoms with Crippen molar-refractivity contribution >= 4 is 23.1 Å². The summed E-state index contributed by atoms with van der Waals surface area (Å²) in [5, 5.41) is 15.0. The maximum absolute atomic E-state index is 14.2. The lowest BCUT2D eigenvalue weighted by Crippen LogP contribution is -2.29. The van der Waals surface area contributed by atoms with E-state index in [1.807, 2.05) is 0 Å². The van der Waals surface area contributed by atoms with Crippen LogP contribution in [0.1, 0.15) is 17.2 Å². The van der Waals surface area contributed by atoms with Gasteiger partial charge in [0.05, 0.1) is 18.7 Å². The van der Waals surface area contributed by atoms with E-state index < -0.39 is 23.5 Å². The summed E-state index contributed by atoms with van der Waals surface area (Å²) in [5.41, 5.74) is 2.31. The lowest BCUT2D eigenvalue weighted by Gasteiger charge is -2.25. The maximum Gasteiger partial charge on any atom is 0.300 e. The third kappa shape index (κ3) is 3.95. The highest BCUT2D eigenvalue weighted by molar-refractivity contribution is 6.51. The van der Waals surface area contributed by atoms with Gasteiger partial charge in [0.2, 0.25) is 0 Å². The molecular formula is C27H19FN2O5. The third-order valence-corrected chi connectivity index (χ3v) is 5.85. The molecule has 0 radical (unpaired) electrons. The summed E-state index contributed by atoms with van der Waals surface area (Å²) in [4.78, 5) is 27.7. The number of carbonyl (C=O) groups is 2. The SMILES string of the molecule is COc1ccc(/C(O)=C2\C(=O)C(=O)N(c3ccc(-c4ccon4)cc3)C2c2cccc(F)c2)cc1. The Morgan fingerprint density at radius 2 is 1.77 bits per heavy atom. The Morgan fingerprint density at radius 1 is 1.03 bits per heavy atom. The number of Topliss-reactive ketones (excluding diaryl/α,β-unsaturated/α-hetero) is 1. The molecule has 1 saturated heterocycles. The minimum Gasteiger partial charge on any atom is -0.507 e. The van der Waals surface area contributed by atoms with Crippen molar-refractivity contribution in [2.75, 3.05) is 12.0 Å². The van der Waals surface area contributed by atoms with Gasteiger partial charge in [0, 0.05) is 22.9 Å². The number of benzene rings is 3. The van der Waals surface area contributed by atoms with Crippen LogP contribution in [0.15, 0.2) is 95.2 Å². The Hall–Kier alpha value is -4.72. The normalized spacial score (nSPS) is 17.1. The number of rotatable bonds is 5. The summed E-state index contributed by atoms with van der Waals surface area (Å²) >= 11 is 0. The second-order valence-electron chi connectivity index (χ2n) is 7.88. The number of halogens is 1. The minimum atomic E-state index is -1.04. The zero-order chi connectivity index (χ0) is 24.5. The molecule has 1 fully saturated rings. The van der Waals surface area contributed by atoms with Crippen LogP contribution in [0.25, 0.3) is 17.0 Å². The number of aromatic nitrogens is 1. The lowest BCUT2D eigenvalue weighted by atomic mass is 9.95. The van der Waals surface area contributed by atoms with Gasteiger partial charge >= 0.3 is 0 Å². The number of ketones is 1. The van der Waals surface area contributed by atoms with Gasteiger partial charge in [0.1, 0.15) is 29.3 Å². The highest BCUT2D eigenvalue weighted by Gasteiger charge is 2.47. The van der Waals surface area contributed by atoms with E-state index in [0.717, 1.165) is 5.56 Å². The molecule has 7 nitrogen and oxygen atoms in total. The smallest absolute Gasteiger partial charge is 0.300 e. The van der Waals surface area contributed by atoms with Crippen molar-refractivity contribution < 1.29 is 28.3 Å². The van der Waals surface area contributed by atoms with Gasteiger partial charge in [-0.1, -0.05) is 29.4 Å². The van der Waals surface area contributed by atoms with E-state index in [4.69, 9.17) is 9.26 Å². The highest BCUT2D eigenvalue weighted by atomic mass is 19.1. The number of hydrogen-bond acceptors (Lipinski definition) is 6. The van der Waals surface area contributed by atoms with Crippen molar-refractivity contribution in [3.63, 3.8) is 0 Å². The maximum atomic E-state index is 14.2. The van der Waals surface area contributed by atoms with E-state index in [2.05, 4.69) is 5.16 Å². The average Bonchev–Trinajstić information content (AvgIpc) is 3.51. The number of amides is 1. The van der Waals surface area contributed by atoms with Gasteiger partial charge < -0.3 is 14.4 Å². The molecule has 1 atom stereocenters. The molecule has 174 valence electrons. The van der Waals surface area contributed by atoms with Gasteiger partial charge in [-0.15, -0.1) is 0 Å². The third-order valence-electron chi connectivity index (χ3n) is 5.85. The van der Waals surface area contributed by atoms with Crippen molar-refractivity contribution in [1.29, 1.82) is 0 Å². The summed E-state index contributed by atoms with van der Waals surface area (Å²) in [6.45, 7) is 0. The first kappa shape index (κ1) is 22.1. The molecule has 2 heterocycles. The average molecular weight is 470 g/mol. The molecule has 0 bridgehead atoms. The fourth-order valence-corrected chi connectivity index (χ4v) is 4.15. The van der Waals surface area contributed by atoms with E-state index in [1.165, 1.54) is 36.5 Å². The summed E-state index contributed by atoms with van der Waals surface area (Å²) in [5.74, 6) is -2.02. The molecular weight excluding hydrogens is 451 g/mol. The van der Waals surface area contributed by atoms with E-state index in [0.29, 0.717) is 28.3 Å². The van der Waals surface area contributed by atoms with Crippen molar-refractivity contribution in [2.45, 2.75) is 6.04 Å². The van der Waals surface area contributed by atoms with E-state index in [-0.39, 0.29) is 11.3 Å². The van der Waals surface area contributed by atoms with E-state index >= 15 is 0 Å². The molecule has 8 heteroatoms. The number of nitrogens with zero attached hydrogens (tertiary/aromatic N) is 2. The molecule has 1 aliphatic rings. The highest BCUT2D eigenvalue weighted by Crippen LogP contribution is 2.42. The van der Waals surface area contributed by atoms with Gasteiger partial charge in [-0.25, -0.2) is 4.39 Å². The van der Waals surface area contributed by atoms with Crippen molar-refractivity contribution in [2.24, 2.45) is 0 Å². The van der Waals surface area contributed by atoms with Gasteiger partial charge in [0.15, 0.2) is 0 Å². The predicted molar refractivity (Wildman–Crippen MR) is 126 cm³/mol. The standard InChI is InChI=1S/C27H19FN2O5/c1-34-21-11-7-17(8-12-21)25(31)23-24(18-3-2-4-19(28)15-18)30(27(33)26(23)32)20-9-5-16(6-10-20)22-13-14-35-29-22/h2-15,24,31H,1H3/b25-23+. The predicted octanol–water partition coefficient (Wildman–Crippen LogP) is 5.12. The van der Waals surface area contributed by atoms with Gasteiger partial charge in [0.25, 0.3) is 11.7 Å². The zero-order valence-electron chi connectivity index (χ0n) is 18.5. The Labute approximate surface area is 199 Å². The number of carbonyl (C=O) groups excluding carboxylic acids is 2. The molecule has 1 aliphatic heterocycles. The van der Waals surface area contributed by atoms with Crippen molar-refractivity contribution in [3.05, 3.63) is 108 Å². The Balaban J connectivity index is 1.65. The lowest BCUT2D eigenvalue weighted by molar-refractivity contribution is -0.132. The molecule has 1 N–H and O–H groups in total. The monoisotopic (exact) mass is 470 g/mol. The number of aliphatic hydroxyl groups excluding tert-OH is 1. The first-order valence-electron chi connectivity index (χ1n) is 10.7. The fraction of sp³-hybridized carbons (Fsp3) is 0.0741. The molecule has 1 aromatic heterocycles. The van der Waals surface area contributed by atoms with E-state index in [1.54, 1.807) is 60.7 Å². The Kier molecular flexibility index (Phi) is 5.62. The zero-order valence-corrected chi connectivity index (χ0v) is 18.5. The summed E-state index contributed by atoms with van der Waals surface area (Å²) < 4.78 is 24.2. The van der Waals surface area contributed by atoms with Crippen LogP contribution in [-0.4, -0.2) is 29.1 Å². The minimum absolute atomic E-state index is 0.133. The van der Waals surface area contributed by atoms with Gasteiger partial charge in [-0.2, -0.15) is 0 Å². The number of anilines is 1. The van der Waals surface area contributed by atoms with E-state index in [9.17, 15) is 19.1 Å². The van der Waals surface area contributed by atoms with Crippen LogP contribution in [0.5, 0.6) is 5.75 Å². The first-order valence-corrected chi connectivity index (χ1v) is 10.7. The van der Waals surface area contributed by atoms with Crippen LogP contribution in [0.3, 0.4) is 0 Å². The van der Waals surface area contributed by atoms with Crippen molar-refractivity contribution in [3.8, 4) is 17.0 Å². The number of methoxy groups -OCH3 is 1. The molecule has 1 unspecified atom stereocenters. The summed E-state index contributed by atoms with van der Waals surface area (Å²) in [7, 11) is 1.51. The van der Waals surface area contributed by atoms with Gasteiger partial charge in [-0.05, 0) is 54.1 Å². The quantitative estimate of drug-likeness (QED) is 0.247. The van der Waals surface area contributed by atoms with Crippen LogP contribution in [0.4, 0.5) is 10.1 Å². The molecule has 1 amide bonds. The molecule has 0 aliphatic carbocycles. The molecule has 35 heavy (non-hydrogen) atoms. The molecule has 5 rings (SSSR count). The second-order valence-corrected chi connectivity index (χ2v) is 7.88. The number of aliphatic hydroxyl groups is 1. The molecule has 3 aromatic carbocycles. The largest absolute Gasteiger partial charge is 0.507 e. The molecule has 0 saturated carbocycles. The topological polar surface area (TPSA) is 92.9 Å². The Bertz CT molecular complexity index is 1430. The number of ether oxygens (including phenoxy) is 1. The van der Waals surface area contributed by atoms with Crippen LogP contribution < -0.4 is 9.64 Å². The molecule has 4 aromatic rings. The van der Waals surface area contributed by atoms with Crippen LogP contribution in [-0.2, 0) is 9.59 Å².